The highest BCUT2D eigenvalue weighted by Gasteiger charge is 2.35. The molecule has 0 bridgehead atoms. The first-order chi connectivity index (χ1) is 11.0. The van der Waals surface area contributed by atoms with Crippen molar-refractivity contribution in [3.05, 3.63) is 39.9 Å². The van der Waals surface area contributed by atoms with Crippen LogP contribution in [0.5, 0.6) is 0 Å². The fraction of sp³-hybridized carbons (Fsp3) is 0.538. The van der Waals surface area contributed by atoms with Crippen LogP contribution in [0.2, 0.25) is 0 Å². The lowest BCUT2D eigenvalue weighted by molar-refractivity contribution is -0.384. The number of nitrogens with one attached hydrogen (secondary N) is 2. The maximum Gasteiger partial charge on any atom is 0.282 e. The van der Waals surface area contributed by atoms with Crippen molar-refractivity contribution in [2.45, 2.75) is 12.5 Å². The second-order valence-electron chi connectivity index (χ2n) is 5.13. The Morgan fingerprint density at radius 2 is 1.87 bits per heavy atom. The van der Waals surface area contributed by atoms with Gasteiger partial charge in [-0.25, -0.2) is 14.8 Å². The molecule has 23 heavy (non-hydrogen) atoms. The quantitative estimate of drug-likeness (QED) is 0.327. The number of rotatable bonds is 7. The Balaban J connectivity index is 2.15. The van der Waals surface area contributed by atoms with Gasteiger partial charge in [-0.2, -0.15) is 0 Å². The second kappa shape index (κ2) is 8.42. The number of hydrogen-bond acceptors (Lipinski definition) is 3. The number of benzene rings is 1. The smallest absolute Gasteiger partial charge is 0.271 e. The summed E-state index contributed by atoms with van der Waals surface area (Å²) in [5.41, 5.74) is 0.908. The Morgan fingerprint density at radius 3 is 2.39 bits per heavy atom. The fourth-order valence-electron chi connectivity index (χ4n) is 2.52. The first-order valence-corrected chi connectivity index (χ1v) is 9.97. The average molecular weight is 381 g/mol. The van der Waals surface area contributed by atoms with Gasteiger partial charge in [0.2, 0.25) is 0 Å². The molecule has 0 unspecified atom stereocenters. The lowest BCUT2D eigenvalue weighted by Crippen LogP contribution is -2.43. The van der Waals surface area contributed by atoms with Gasteiger partial charge in [0.1, 0.15) is 0 Å². The average Bonchev–Trinajstić information content (AvgIpc) is 2.55. The molecule has 0 aromatic heterocycles. The molecular formula is C13H19Cl2N4O3P. The maximum atomic E-state index is 13.2. The number of nitro groups is 1. The molecule has 1 heterocycles. The summed E-state index contributed by atoms with van der Waals surface area (Å²) in [5, 5.41) is 16.9. The van der Waals surface area contributed by atoms with Crippen LogP contribution >= 0.6 is 30.8 Å². The van der Waals surface area contributed by atoms with Gasteiger partial charge in [0.05, 0.1) is 4.92 Å². The number of nitro benzene ring substituents is 1. The van der Waals surface area contributed by atoms with E-state index < -0.39 is 12.5 Å². The van der Waals surface area contributed by atoms with Crippen LogP contribution in [0.4, 0.5) is 5.69 Å². The normalized spacial score (nSPS) is 24.7. The molecule has 1 aliphatic rings. The van der Waals surface area contributed by atoms with E-state index in [1.165, 1.54) is 12.1 Å². The number of nitrogens with zero attached hydrogens (tertiary/aromatic N) is 2. The number of halogens is 2. The molecule has 0 saturated carbocycles. The maximum absolute atomic E-state index is 13.2. The minimum Gasteiger partial charge on any atom is -0.271 e. The molecule has 2 atom stereocenters. The van der Waals surface area contributed by atoms with Gasteiger partial charge >= 0.3 is 0 Å². The van der Waals surface area contributed by atoms with Crippen LogP contribution in [0.15, 0.2) is 24.3 Å². The molecule has 7 nitrogen and oxygen atoms in total. The molecule has 10 heteroatoms. The third kappa shape index (κ3) is 4.66. The van der Waals surface area contributed by atoms with E-state index in [9.17, 15) is 14.7 Å². The van der Waals surface area contributed by atoms with Crippen LogP contribution in [0.1, 0.15) is 18.0 Å². The molecule has 1 aromatic rings. The number of alkyl halides is 2. The molecule has 2 N–H and O–H groups in total. The van der Waals surface area contributed by atoms with Crippen molar-refractivity contribution >= 4 is 36.5 Å². The Kier molecular flexibility index (Phi) is 6.83. The van der Waals surface area contributed by atoms with Gasteiger partial charge in [0.15, 0.2) is 0 Å². The SMILES string of the molecule is O=[N+]([O-])c1ccc([C@H]2CCN[P@](=O)(N(CCCl)CCCl)N2)cc1. The van der Waals surface area contributed by atoms with Gasteiger partial charge in [0, 0.05) is 49.6 Å². The van der Waals surface area contributed by atoms with Gasteiger partial charge < -0.3 is 0 Å². The van der Waals surface area contributed by atoms with Crippen molar-refractivity contribution < 1.29 is 9.49 Å². The Bertz CT molecular complexity index is 581. The number of hydrogen-bond donors (Lipinski definition) is 2. The molecule has 0 aliphatic carbocycles. The number of non-ortho nitro benzene ring substituents is 1. The summed E-state index contributed by atoms with van der Waals surface area (Å²) in [6.07, 6.45) is 0.734. The van der Waals surface area contributed by atoms with E-state index in [4.69, 9.17) is 23.2 Å². The van der Waals surface area contributed by atoms with Crippen molar-refractivity contribution in [3.8, 4) is 0 Å². The van der Waals surface area contributed by atoms with Gasteiger partial charge in [-0.3, -0.25) is 14.7 Å². The van der Waals surface area contributed by atoms with Crippen LogP contribution in [0.25, 0.3) is 0 Å². The predicted octanol–water partition coefficient (Wildman–Crippen LogP) is 3.11. The second-order valence-corrected chi connectivity index (χ2v) is 8.18. The van der Waals surface area contributed by atoms with Gasteiger partial charge in [-0.1, -0.05) is 12.1 Å². The third-order valence-electron chi connectivity index (χ3n) is 3.68. The summed E-state index contributed by atoms with van der Waals surface area (Å²) in [7, 11) is -2.98. The summed E-state index contributed by atoms with van der Waals surface area (Å²) < 4.78 is 14.9. The Morgan fingerprint density at radius 1 is 1.26 bits per heavy atom. The molecule has 1 aliphatic heterocycles. The van der Waals surface area contributed by atoms with Crippen molar-refractivity contribution in [2.24, 2.45) is 0 Å². The summed E-state index contributed by atoms with van der Waals surface area (Å²) in [5.74, 6) is 0.707. The molecule has 1 saturated heterocycles. The van der Waals surface area contributed by atoms with E-state index in [2.05, 4.69) is 10.2 Å². The fourth-order valence-corrected chi connectivity index (χ4v) is 5.52. The predicted molar refractivity (Wildman–Crippen MR) is 92.2 cm³/mol. The standard InChI is InChI=1S/C13H19Cl2N4O3P/c14-6-9-18(10-7-15)23(22)16-8-5-13(17-23)11-1-3-12(4-2-11)19(20)21/h1-4,13H,5-10H2,(H2,16,17,22)/t13-,23-/m1/s1. The molecule has 1 fully saturated rings. The highest BCUT2D eigenvalue weighted by Crippen LogP contribution is 2.46. The topological polar surface area (TPSA) is 87.5 Å². The van der Waals surface area contributed by atoms with Crippen LogP contribution in [-0.2, 0) is 4.57 Å². The Hall–Kier alpha value is -0.690. The summed E-state index contributed by atoms with van der Waals surface area (Å²) >= 11 is 11.6. The molecular weight excluding hydrogens is 362 g/mol. The summed E-state index contributed by atoms with van der Waals surface area (Å²) in [6, 6.07) is 6.16. The monoisotopic (exact) mass is 380 g/mol. The van der Waals surface area contributed by atoms with E-state index in [0.717, 1.165) is 12.0 Å². The van der Waals surface area contributed by atoms with E-state index in [1.54, 1.807) is 16.8 Å². The van der Waals surface area contributed by atoms with E-state index in [1.807, 2.05) is 0 Å². The molecule has 128 valence electrons. The highest BCUT2D eigenvalue weighted by atomic mass is 35.5. The molecule has 0 amide bonds. The van der Waals surface area contributed by atoms with Gasteiger partial charge in [0.25, 0.3) is 13.3 Å². The van der Waals surface area contributed by atoms with Gasteiger partial charge in [-0.15, -0.1) is 23.2 Å². The molecule has 2 rings (SSSR count). The van der Waals surface area contributed by atoms with Crippen molar-refractivity contribution in [3.63, 3.8) is 0 Å². The van der Waals surface area contributed by atoms with E-state index in [-0.39, 0.29) is 11.7 Å². The lowest BCUT2D eigenvalue weighted by atomic mass is 10.0. The summed E-state index contributed by atoms with van der Waals surface area (Å²) in [6.45, 7) is 1.49. The first kappa shape index (κ1) is 18.6. The minimum atomic E-state index is -2.98. The van der Waals surface area contributed by atoms with Crippen molar-refractivity contribution in [1.29, 1.82) is 0 Å². The molecule has 0 spiro atoms. The highest BCUT2D eigenvalue weighted by molar-refractivity contribution is 7.57. The zero-order valence-electron chi connectivity index (χ0n) is 12.5. The zero-order valence-corrected chi connectivity index (χ0v) is 14.9. The van der Waals surface area contributed by atoms with Crippen molar-refractivity contribution in [1.82, 2.24) is 14.8 Å². The van der Waals surface area contributed by atoms with Crippen LogP contribution < -0.4 is 10.2 Å². The molecule has 1 aromatic carbocycles. The van der Waals surface area contributed by atoms with Crippen LogP contribution in [-0.4, -0.2) is 41.0 Å². The minimum absolute atomic E-state index is 0.0387. The largest absolute Gasteiger partial charge is 0.282 e. The Labute approximate surface area is 145 Å². The van der Waals surface area contributed by atoms with Crippen LogP contribution in [0.3, 0.4) is 0 Å². The molecule has 0 radical (unpaired) electrons. The van der Waals surface area contributed by atoms with Crippen LogP contribution in [0, 0.1) is 10.1 Å². The summed E-state index contributed by atoms with van der Waals surface area (Å²) in [4.78, 5) is 10.3. The van der Waals surface area contributed by atoms with E-state index in [0.29, 0.717) is 31.4 Å². The third-order valence-corrected chi connectivity index (χ3v) is 6.53. The lowest BCUT2D eigenvalue weighted by Gasteiger charge is -2.38. The first-order valence-electron chi connectivity index (χ1n) is 7.25. The zero-order chi connectivity index (χ0) is 16.9. The van der Waals surface area contributed by atoms with Gasteiger partial charge in [-0.05, 0) is 12.0 Å². The van der Waals surface area contributed by atoms with Crippen molar-refractivity contribution in [2.75, 3.05) is 31.4 Å². The van der Waals surface area contributed by atoms with E-state index >= 15 is 0 Å².